The van der Waals surface area contributed by atoms with E-state index in [0.717, 1.165) is 11.8 Å². The average molecular weight is 384 g/mol. The predicted octanol–water partition coefficient (Wildman–Crippen LogP) is 5.18. The van der Waals surface area contributed by atoms with Crippen LogP contribution >= 0.6 is 23.3 Å². The van der Waals surface area contributed by atoms with Crippen molar-refractivity contribution in [1.29, 1.82) is 0 Å². The molecule has 1 saturated carbocycles. The van der Waals surface area contributed by atoms with Crippen molar-refractivity contribution in [1.82, 2.24) is 9.62 Å². The van der Waals surface area contributed by atoms with E-state index in [-0.39, 0.29) is 0 Å². The van der Waals surface area contributed by atoms with Gasteiger partial charge >= 0.3 is 0 Å². The number of rotatable bonds is 5. The van der Waals surface area contributed by atoms with E-state index in [1.165, 1.54) is 66.7 Å². The van der Waals surface area contributed by atoms with Crippen LogP contribution in [0.5, 0.6) is 0 Å². The number of nitrogens with one attached hydrogen (secondary N) is 2. The predicted molar refractivity (Wildman–Crippen MR) is 114 cm³/mol. The lowest BCUT2D eigenvalue weighted by Crippen LogP contribution is -2.36. The molecule has 5 rings (SSSR count). The molecule has 2 N–H and O–H groups in total. The monoisotopic (exact) mass is 383 g/mol. The Labute approximate surface area is 164 Å². The number of thiophene rings is 1. The third-order valence-corrected chi connectivity index (χ3v) is 7.55. The molecule has 1 aromatic heterocycles. The normalized spacial score (nSPS) is 20.6. The molecule has 3 aliphatic rings. The fraction of sp³-hybridized carbons (Fsp3) is 0.429. The van der Waals surface area contributed by atoms with Gasteiger partial charge in [0.1, 0.15) is 0 Å². The first-order valence-electron chi connectivity index (χ1n) is 9.63. The highest BCUT2D eigenvalue weighted by atomic mass is 32.2. The number of benzene rings is 1. The molecular formula is C21H25N3S2. The van der Waals surface area contributed by atoms with Gasteiger partial charge in [0.15, 0.2) is 0 Å². The highest BCUT2D eigenvalue weighted by molar-refractivity contribution is 7.97. The molecule has 1 saturated heterocycles. The minimum Gasteiger partial charge on any atom is -0.387 e. The van der Waals surface area contributed by atoms with Gasteiger partial charge in [0.05, 0.1) is 0 Å². The van der Waals surface area contributed by atoms with Crippen LogP contribution in [-0.4, -0.2) is 28.7 Å². The Bertz CT molecular complexity index is 788. The van der Waals surface area contributed by atoms with Crippen LogP contribution in [0.15, 0.2) is 35.2 Å². The molecule has 1 aromatic carbocycles. The summed E-state index contributed by atoms with van der Waals surface area (Å²) in [5.74, 6) is 0. The van der Waals surface area contributed by atoms with Crippen LogP contribution in [0.4, 0.5) is 5.69 Å². The molecule has 0 atom stereocenters. The molecule has 0 amide bonds. The summed E-state index contributed by atoms with van der Waals surface area (Å²) < 4.78 is 2.59. The molecular weight excluding hydrogens is 358 g/mol. The quantitative estimate of drug-likeness (QED) is 0.696. The molecule has 3 heterocycles. The number of piperidine rings is 1. The summed E-state index contributed by atoms with van der Waals surface area (Å²) in [6.07, 6.45) is 9.59. The van der Waals surface area contributed by atoms with Gasteiger partial charge < -0.3 is 10.6 Å². The van der Waals surface area contributed by atoms with Gasteiger partial charge in [-0.1, -0.05) is 11.9 Å². The maximum absolute atomic E-state index is 3.89. The summed E-state index contributed by atoms with van der Waals surface area (Å²) >= 11 is 3.87. The number of hydrogen-bond acceptors (Lipinski definition) is 5. The summed E-state index contributed by atoms with van der Waals surface area (Å²) in [5.41, 5.74) is 6.70. The zero-order chi connectivity index (χ0) is 17.3. The van der Waals surface area contributed by atoms with Crippen LogP contribution in [0.2, 0.25) is 0 Å². The van der Waals surface area contributed by atoms with E-state index in [9.17, 15) is 0 Å². The Hall–Kier alpha value is -1.43. The second-order valence-corrected chi connectivity index (χ2v) is 9.64. The zero-order valence-electron chi connectivity index (χ0n) is 14.9. The first-order chi connectivity index (χ1) is 12.8. The molecule has 2 aliphatic heterocycles. The van der Waals surface area contributed by atoms with Crippen molar-refractivity contribution in [2.75, 3.05) is 18.4 Å². The Morgan fingerprint density at radius 3 is 2.77 bits per heavy atom. The Morgan fingerprint density at radius 2 is 2.00 bits per heavy atom. The van der Waals surface area contributed by atoms with Crippen molar-refractivity contribution in [2.24, 2.45) is 0 Å². The lowest BCUT2D eigenvalue weighted by Gasteiger charge is -2.33. The molecule has 26 heavy (non-hydrogen) atoms. The first kappa shape index (κ1) is 16.7. The zero-order valence-corrected chi connectivity index (χ0v) is 16.5. The van der Waals surface area contributed by atoms with Crippen LogP contribution in [0, 0.1) is 0 Å². The molecule has 3 nitrogen and oxygen atoms in total. The maximum Gasteiger partial charge on any atom is 0.0421 e. The summed E-state index contributed by atoms with van der Waals surface area (Å²) in [6.45, 7) is 3.33. The second-order valence-electron chi connectivity index (χ2n) is 7.47. The van der Waals surface area contributed by atoms with Crippen LogP contribution in [-0.2, 0) is 6.54 Å². The SMILES string of the molecule is C1=Cc2cc(-c3ccsc3)cc(NC3CCN(SC4CC4)CC3)c2CN1. The van der Waals surface area contributed by atoms with Crippen molar-refractivity contribution < 1.29 is 0 Å². The standard InChI is InChI=1S/C21H25N3S2/c1-2-19(1)26-24-8-4-18(5-9-24)23-21-12-17(16-6-10-25-14-16)11-15-3-7-22-13-20(15)21/h3,6-7,10-12,14,18-19,22-23H,1-2,4-5,8-9,13H2. The molecule has 1 aliphatic carbocycles. The van der Waals surface area contributed by atoms with Crippen LogP contribution in [0.25, 0.3) is 17.2 Å². The molecule has 5 heteroatoms. The van der Waals surface area contributed by atoms with E-state index in [0.29, 0.717) is 6.04 Å². The van der Waals surface area contributed by atoms with Crippen LogP contribution < -0.4 is 10.6 Å². The van der Waals surface area contributed by atoms with Gasteiger partial charge in [-0.2, -0.15) is 11.3 Å². The van der Waals surface area contributed by atoms with E-state index in [1.807, 2.05) is 0 Å². The Morgan fingerprint density at radius 1 is 1.12 bits per heavy atom. The van der Waals surface area contributed by atoms with Gasteiger partial charge in [-0.3, -0.25) is 4.31 Å². The van der Waals surface area contributed by atoms with Crippen molar-refractivity contribution >= 4 is 35.0 Å². The number of hydrogen-bond donors (Lipinski definition) is 2. The molecule has 0 bridgehead atoms. The van der Waals surface area contributed by atoms with Gasteiger partial charge in [-0.25, -0.2) is 0 Å². The highest BCUT2D eigenvalue weighted by Crippen LogP contribution is 2.38. The molecule has 2 fully saturated rings. The summed E-state index contributed by atoms with van der Waals surface area (Å²) in [5, 5.41) is 12.6. The van der Waals surface area contributed by atoms with E-state index < -0.39 is 0 Å². The van der Waals surface area contributed by atoms with Gasteiger partial charge in [-0.15, -0.1) is 0 Å². The highest BCUT2D eigenvalue weighted by Gasteiger charge is 2.28. The summed E-state index contributed by atoms with van der Waals surface area (Å²) in [6, 6.07) is 7.48. The minimum absolute atomic E-state index is 0.582. The molecule has 136 valence electrons. The van der Waals surface area contributed by atoms with Gasteiger partial charge in [0.2, 0.25) is 0 Å². The Kier molecular flexibility index (Phi) is 4.69. The lowest BCUT2D eigenvalue weighted by molar-refractivity contribution is 0.358. The van der Waals surface area contributed by atoms with Crippen molar-refractivity contribution in [3.05, 3.63) is 46.3 Å². The van der Waals surface area contributed by atoms with E-state index >= 15 is 0 Å². The first-order valence-corrected chi connectivity index (χ1v) is 11.4. The van der Waals surface area contributed by atoms with E-state index in [4.69, 9.17) is 0 Å². The van der Waals surface area contributed by atoms with Crippen molar-refractivity contribution in [2.45, 2.75) is 43.5 Å². The van der Waals surface area contributed by atoms with Crippen molar-refractivity contribution in [3.63, 3.8) is 0 Å². The average Bonchev–Trinajstić information content (AvgIpc) is 3.31. The fourth-order valence-corrected chi connectivity index (χ4v) is 5.64. The third-order valence-electron chi connectivity index (χ3n) is 5.43. The lowest BCUT2D eigenvalue weighted by atomic mass is 9.96. The summed E-state index contributed by atoms with van der Waals surface area (Å²) in [4.78, 5) is 0. The second kappa shape index (κ2) is 7.29. The molecule has 0 spiro atoms. The minimum atomic E-state index is 0.582. The van der Waals surface area contributed by atoms with Gasteiger partial charge in [-0.05, 0) is 83.6 Å². The number of fused-ring (bicyclic) bond motifs is 1. The van der Waals surface area contributed by atoms with Crippen LogP contribution in [0.3, 0.4) is 0 Å². The maximum atomic E-state index is 3.89. The number of anilines is 1. The van der Waals surface area contributed by atoms with Gasteiger partial charge in [0.25, 0.3) is 0 Å². The largest absolute Gasteiger partial charge is 0.387 e. The van der Waals surface area contributed by atoms with E-state index in [2.05, 4.69) is 68.1 Å². The van der Waals surface area contributed by atoms with Gasteiger partial charge in [0, 0.05) is 42.2 Å². The summed E-state index contributed by atoms with van der Waals surface area (Å²) in [7, 11) is 0. The number of nitrogens with zero attached hydrogens (tertiary/aromatic N) is 1. The van der Waals surface area contributed by atoms with Crippen LogP contribution in [0.1, 0.15) is 36.8 Å². The molecule has 0 radical (unpaired) electrons. The Balaban J connectivity index is 1.34. The molecule has 2 aromatic rings. The molecule has 0 unspecified atom stereocenters. The fourth-order valence-electron chi connectivity index (χ4n) is 3.78. The third kappa shape index (κ3) is 3.66. The smallest absolute Gasteiger partial charge is 0.0421 e. The van der Waals surface area contributed by atoms with E-state index in [1.54, 1.807) is 11.3 Å². The topological polar surface area (TPSA) is 27.3 Å². The van der Waals surface area contributed by atoms with Crippen molar-refractivity contribution in [3.8, 4) is 11.1 Å².